The van der Waals surface area contributed by atoms with Crippen molar-refractivity contribution < 1.29 is 9.53 Å². The Hall–Kier alpha value is -2.22. The van der Waals surface area contributed by atoms with Gasteiger partial charge in [0.05, 0.1) is 24.7 Å². The number of aromatic nitrogens is 4. The number of hydrogen-bond acceptors (Lipinski definition) is 6. The first-order valence-electron chi connectivity index (χ1n) is 6.97. The Morgan fingerprint density at radius 3 is 3.05 bits per heavy atom. The van der Waals surface area contributed by atoms with Crippen LogP contribution in [0.25, 0.3) is 11.0 Å². The fourth-order valence-electron chi connectivity index (χ4n) is 2.33. The van der Waals surface area contributed by atoms with Gasteiger partial charge in [-0.25, -0.2) is 9.97 Å². The highest BCUT2D eigenvalue weighted by molar-refractivity contribution is 5.86. The van der Waals surface area contributed by atoms with Crippen molar-refractivity contribution in [3.8, 4) is 0 Å². The molecule has 0 saturated carbocycles. The number of carbonyl (C=O) groups excluding carboxylic acids is 1. The van der Waals surface area contributed by atoms with Gasteiger partial charge in [-0.2, -0.15) is 5.10 Å². The lowest BCUT2D eigenvalue weighted by atomic mass is 10.3. The molecule has 1 saturated heterocycles. The smallest absolute Gasteiger partial charge is 0.249 e. The van der Waals surface area contributed by atoms with Gasteiger partial charge < -0.3 is 15.0 Å². The van der Waals surface area contributed by atoms with Gasteiger partial charge in [-0.3, -0.25) is 9.48 Å². The predicted molar refractivity (Wildman–Crippen MR) is 76.7 cm³/mol. The number of carbonyl (C=O) groups is 1. The van der Waals surface area contributed by atoms with Crippen molar-refractivity contribution in [3.63, 3.8) is 0 Å². The number of nitrogens with zero attached hydrogens (tertiary/aromatic N) is 5. The van der Waals surface area contributed by atoms with Crippen LogP contribution in [0.5, 0.6) is 0 Å². The molecule has 1 aliphatic heterocycles. The minimum absolute atomic E-state index is 0.0278. The van der Waals surface area contributed by atoms with E-state index in [2.05, 4.69) is 20.4 Å². The summed E-state index contributed by atoms with van der Waals surface area (Å²) in [4.78, 5) is 22.6. The Bertz CT molecular complexity index is 668. The average Bonchev–Trinajstić information content (AvgIpc) is 2.84. The third-order valence-corrected chi connectivity index (χ3v) is 3.40. The van der Waals surface area contributed by atoms with Gasteiger partial charge in [0.1, 0.15) is 12.4 Å². The summed E-state index contributed by atoms with van der Waals surface area (Å²) in [5.41, 5.74) is 0.761. The molecule has 1 N–H and O–H groups in total. The average molecular weight is 290 g/mol. The second-order valence-electron chi connectivity index (χ2n) is 4.89. The van der Waals surface area contributed by atoms with Crippen molar-refractivity contribution in [3.05, 3.63) is 12.0 Å². The van der Waals surface area contributed by atoms with Gasteiger partial charge in [0.25, 0.3) is 0 Å². The number of anilines is 1. The molecule has 3 rings (SSSR count). The van der Waals surface area contributed by atoms with E-state index in [1.54, 1.807) is 15.8 Å². The predicted octanol–water partition coefficient (Wildman–Crippen LogP) is 0.154. The molecule has 8 nitrogen and oxygen atoms in total. The van der Waals surface area contributed by atoms with Crippen LogP contribution < -0.4 is 5.32 Å². The van der Waals surface area contributed by atoms with E-state index in [0.717, 1.165) is 23.4 Å². The monoisotopic (exact) mass is 290 g/mol. The summed E-state index contributed by atoms with van der Waals surface area (Å²) < 4.78 is 6.84. The zero-order valence-corrected chi connectivity index (χ0v) is 12.2. The topological polar surface area (TPSA) is 85.2 Å². The molecular weight excluding hydrogens is 272 g/mol. The lowest BCUT2D eigenvalue weighted by Crippen LogP contribution is -2.41. The standard InChI is InChI=1S/C13H18N6O2/c1-3-14-12-9-6-15-18(2)13(9)17-10(16-12)7-19-4-5-21-8-11(19)20/h6H,3-5,7-8H2,1-2H3,(H,14,16,17). The van der Waals surface area contributed by atoms with E-state index in [0.29, 0.717) is 25.5 Å². The summed E-state index contributed by atoms with van der Waals surface area (Å²) in [6, 6.07) is 0. The van der Waals surface area contributed by atoms with Crippen LogP contribution in [0.15, 0.2) is 6.20 Å². The molecule has 21 heavy (non-hydrogen) atoms. The molecule has 112 valence electrons. The SMILES string of the molecule is CCNc1nc(CN2CCOCC2=O)nc2c1cnn2C. The first-order chi connectivity index (χ1) is 10.2. The summed E-state index contributed by atoms with van der Waals surface area (Å²) in [7, 11) is 1.84. The van der Waals surface area contributed by atoms with E-state index in [9.17, 15) is 4.79 Å². The van der Waals surface area contributed by atoms with Crippen molar-refractivity contribution in [1.29, 1.82) is 0 Å². The van der Waals surface area contributed by atoms with Gasteiger partial charge in [0, 0.05) is 20.1 Å². The summed E-state index contributed by atoms with van der Waals surface area (Å²) in [6.07, 6.45) is 1.75. The van der Waals surface area contributed by atoms with E-state index in [4.69, 9.17) is 4.74 Å². The number of aryl methyl sites for hydroxylation is 1. The molecule has 0 aliphatic carbocycles. The van der Waals surface area contributed by atoms with Crippen molar-refractivity contribution in [2.45, 2.75) is 13.5 Å². The van der Waals surface area contributed by atoms with Gasteiger partial charge in [-0.1, -0.05) is 0 Å². The highest BCUT2D eigenvalue weighted by Gasteiger charge is 2.21. The minimum Gasteiger partial charge on any atom is -0.370 e. The molecule has 1 amide bonds. The van der Waals surface area contributed by atoms with Crippen molar-refractivity contribution in [2.24, 2.45) is 7.05 Å². The van der Waals surface area contributed by atoms with Crippen LogP contribution in [0.2, 0.25) is 0 Å². The molecule has 0 bridgehead atoms. The fraction of sp³-hybridized carbons (Fsp3) is 0.538. The second kappa shape index (κ2) is 5.65. The first-order valence-corrected chi connectivity index (χ1v) is 6.97. The van der Waals surface area contributed by atoms with Crippen LogP contribution in [-0.2, 0) is 23.1 Å². The fourth-order valence-corrected chi connectivity index (χ4v) is 2.33. The molecule has 1 aliphatic rings. The molecule has 2 aromatic rings. The van der Waals surface area contributed by atoms with Crippen LogP contribution in [0.3, 0.4) is 0 Å². The Kier molecular flexibility index (Phi) is 3.70. The number of amides is 1. The Labute approximate surface area is 122 Å². The highest BCUT2D eigenvalue weighted by atomic mass is 16.5. The number of hydrogen-bond donors (Lipinski definition) is 1. The Morgan fingerprint density at radius 2 is 2.29 bits per heavy atom. The van der Waals surface area contributed by atoms with Gasteiger partial charge in [-0.15, -0.1) is 0 Å². The molecule has 2 aromatic heterocycles. The van der Waals surface area contributed by atoms with Crippen LogP contribution in [0.4, 0.5) is 5.82 Å². The highest BCUT2D eigenvalue weighted by Crippen LogP contribution is 2.20. The van der Waals surface area contributed by atoms with Crippen molar-refractivity contribution in [2.75, 3.05) is 31.6 Å². The number of nitrogens with one attached hydrogen (secondary N) is 1. The molecule has 0 atom stereocenters. The molecule has 0 spiro atoms. The lowest BCUT2D eigenvalue weighted by Gasteiger charge is -2.26. The maximum atomic E-state index is 11.8. The van der Waals surface area contributed by atoms with Gasteiger partial charge in [0.2, 0.25) is 5.91 Å². The maximum Gasteiger partial charge on any atom is 0.249 e. The third kappa shape index (κ3) is 2.66. The molecule has 0 aromatic carbocycles. The summed E-state index contributed by atoms with van der Waals surface area (Å²) in [6.45, 7) is 4.42. The summed E-state index contributed by atoms with van der Waals surface area (Å²) in [5.74, 6) is 1.34. The molecule has 0 unspecified atom stereocenters. The van der Waals surface area contributed by atoms with E-state index in [1.807, 2.05) is 14.0 Å². The van der Waals surface area contributed by atoms with E-state index < -0.39 is 0 Å². The number of morpholine rings is 1. The largest absolute Gasteiger partial charge is 0.370 e. The molecule has 8 heteroatoms. The number of ether oxygens (including phenoxy) is 1. The van der Waals surface area contributed by atoms with Gasteiger partial charge in [-0.05, 0) is 6.92 Å². The minimum atomic E-state index is -0.0278. The van der Waals surface area contributed by atoms with Gasteiger partial charge in [0.15, 0.2) is 11.5 Å². The Balaban J connectivity index is 1.94. The normalized spacial score (nSPS) is 15.7. The molecule has 1 fully saturated rings. The van der Waals surface area contributed by atoms with Crippen LogP contribution in [-0.4, -0.2) is 56.9 Å². The third-order valence-electron chi connectivity index (χ3n) is 3.40. The van der Waals surface area contributed by atoms with Crippen LogP contribution >= 0.6 is 0 Å². The van der Waals surface area contributed by atoms with Crippen molar-refractivity contribution >= 4 is 22.8 Å². The van der Waals surface area contributed by atoms with E-state index in [1.165, 1.54) is 0 Å². The second-order valence-corrected chi connectivity index (χ2v) is 4.89. The van der Waals surface area contributed by atoms with Crippen molar-refractivity contribution in [1.82, 2.24) is 24.6 Å². The van der Waals surface area contributed by atoms with Crippen LogP contribution in [0.1, 0.15) is 12.7 Å². The molecule has 0 radical (unpaired) electrons. The molecular formula is C13H18N6O2. The number of rotatable bonds is 4. The maximum absolute atomic E-state index is 11.8. The zero-order chi connectivity index (χ0) is 14.8. The van der Waals surface area contributed by atoms with E-state index in [-0.39, 0.29) is 12.5 Å². The van der Waals surface area contributed by atoms with E-state index >= 15 is 0 Å². The molecule has 3 heterocycles. The van der Waals surface area contributed by atoms with Crippen LogP contribution in [0, 0.1) is 0 Å². The number of fused-ring (bicyclic) bond motifs is 1. The quantitative estimate of drug-likeness (QED) is 0.863. The summed E-state index contributed by atoms with van der Waals surface area (Å²) in [5, 5.41) is 8.32. The van der Waals surface area contributed by atoms with Gasteiger partial charge >= 0.3 is 0 Å². The zero-order valence-electron chi connectivity index (χ0n) is 12.2. The Morgan fingerprint density at radius 1 is 1.43 bits per heavy atom. The lowest BCUT2D eigenvalue weighted by molar-refractivity contribution is -0.143. The summed E-state index contributed by atoms with van der Waals surface area (Å²) >= 11 is 0. The first kappa shape index (κ1) is 13.7.